The fourth-order valence-electron chi connectivity index (χ4n) is 5.77. The molecule has 2 heterocycles. The van der Waals surface area contributed by atoms with Crippen molar-refractivity contribution in [2.45, 2.75) is 77.8 Å². The number of methoxy groups -OCH3 is 1. The van der Waals surface area contributed by atoms with Gasteiger partial charge in [-0.25, -0.2) is 4.79 Å². The zero-order valence-corrected chi connectivity index (χ0v) is 27.6. The highest BCUT2D eigenvalue weighted by Crippen LogP contribution is 2.39. The van der Waals surface area contributed by atoms with Crippen LogP contribution in [0.5, 0.6) is 0 Å². The molecule has 0 bridgehead atoms. The van der Waals surface area contributed by atoms with E-state index in [0.29, 0.717) is 40.0 Å². The maximum atomic E-state index is 13.7. The Morgan fingerprint density at radius 3 is 2.37 bits per heavy atom. The standard InChI is InChI=1S/C37H42N4O4S/c1-4-28(5-2)38-22-25-9-8-10-27(21-25)34(42)41-36-33(31-11-6-7-12-32(31)46-36)35(43)40-30-20-19-29(39-23-30)18-15-24-13-16-26(17-14-24)37(44)45-3/h8-10,13-14,16-17,19-21,23,28,38H,4-7,11-12,15,18,22H2,1-3H3,(H,40,43)(H,41,42). The summed E-state index contributed by atoms with van der Waals surface area (Å²) in [6.07, 6.45) is 9.09. The smallest absolute Gasteiger partial charge is 0.337 e. The maximum Gasteiger partial charge on any atom is 0.337 e. The molecule has 0 fully saturated rings. The Balaban J connectivity index is 1.25. The number of carbonyl (C=O) groups excluding carboxylic acids is 3. The SMILES string of the molecule is CCC(CC)NCc1cccc(C(=O)Nc2sc3c(c2C(=O)Nc2ccc(CCc4ccc(C(=O)OC)cc4)nc2)CCCC3)c1. The number of ether oxygens (including phenoxy) is 1. The molecule has 0 unspecified atom stereocenters. The Morgan fingerprint density at radius 2 is 1.65 bits per heavy atom. The van der Waals surface area contributed by atoms with Crippen LogP contribution in [-0.2, 0) is 37.0 Å². The number of fused-ring (bicyclic) bond motifs is 1. The van der Waals surface area contributed by atoms with Gasteiger partial charge in [-0.2, -0.15) is 0 Å². The number of esters is 1. The predicted molar refractivity (Wildman–Crippen MR) is 184 cm³/mol. The highest BCUT2D eigenvalue weighted by molar-refractivity contribution is 7.17. The number of nitrogens with zero attached hydrogens (tertiary/aromatic N) is 1. The first-order valence-electron chi connectivity index (χ1n) is 16.1. The van der Waals surface area contributed by atoms with Gasteiger partial charge in [0.25, 0.3) is 11.8 Å². The number of hydrogen-bond donors (Lipinski definition) is 3. The first-order valence-corrected chi connectivity index (χ1v) is 16.9. The summed E-state index contributed by atoms with van der Waals surface area (Å²) in [6.45, 7) is 5.04. The van der Waals surface area contributed by atoms with Crippen molar-refractivity contribution in [3.63, 3.8) is 0 Å². The number of hydrogen-bond acceptors (Lipinski definition) is 7. The Labute approximate surface area is 275 Å². The number of nitrogens with one attached hydrogen (secondary N) is 3. The second-order valence-corrected chi connectivity index (χ2v) is 12.7. The fraction of sp³-hybridized carbons (Fsp3) is 0.351. The second kappa shape index (κ2) is 15.8. The number of carbonyl (C=O) groups is 3. The summed E-state index contributed by atoms with van der Waals surface area (Å²) in [5.41, 5.74) is 6.32. The average Bonchev–Trinajstić information content (AvgIpc) is 3.46. The van der Waals surface area contributed by atoms with E-state index in [4.69, 9.17) is 4.74 Å². The van der Waals surface area contributed by atoms with Crippen LogP contribution >= 0.6 is 11.3 Å². The molecule has 2 aromatic carbocycles. The lowest BCUT2D eigenvalue weighted by atomic mass is 9.95. The monoisotopic (exact) mass is 638 g/mol. The minimum absolute atomic E-state index is 0.219. The minimum atomic E-state index is -0.353. The van der Waals surface area contributed by atoms with Crippen LogP contribution in [-0.4, -0.2) is 35.9 Å². The predicted octanol–water partition coefficient (Wildman–Crippen LogP) is 7.38. The molecule has 4 aromatic rings. The summed E-state index contributed by atoms with van der Waals surface area (Å²) in [5, 5.41) is 10.2. The number of rotatable bonds is 13. The highest BCUT2D eigenvalue weighted by Gasteiger charge is 2.27. The normalized spacial score (nSPS) is 12.4. The van der Waals surface area contributed by atoms with Gasteiger partial charge in [0.1, 0.15) is 5.00 Å². The summed E-state index contributed by atoms with van der Waals surface area (Å²) in [6, 6.07) is 19.2. The Kier molecular flexibility index (Phi) is 11.3. The first-order chi connectivity index (χ1) is 22.4. The highest BCUT2D eigenvalue weighted by atomic mass is 32.1. The number of aryl methyl sites for hydroxylation is 3. The van der Waals surface area contributed by atoms with E-state index in [1.807, 2.05) is 48.5 Å². The van der Waals surface area contributed by atoms with Gasteiger partial charge in [-0.3, -0.25) is 14.6 Å². The van der Waals surface area contributed by atoms with Gasteiger partial charge in [0.2, 0.25) is 0 Å². The molecule has 3 N–H and O–H groups in total. The van der Waals surface area contributed by atoms with Crippen LogP contribution in [0.2, 0.25) is 0 Å². The molecule has 0 radical (unpaired) electrons. The lowest BCUT2D eigenvalue weighted by Gasteiger charge is -2.15. The van der Waals surface area contributed by atoms with E-state index in [-0.39, 0.29) is 17.8 Å². The molecule has 2 amide bonds. The van der Waals surface area contributed by atoms with Gasteiger partial charge in [0.05, 0.1) is 30.1 Å². The number of aromatic nitrogens is 1. The van der Waals surface area contributed by atoms with E-state index in [9.17, 15) is 14.4 Å². The zero-order valence-electron chi connectivity index (χ0n) is 26.8. The molecule has 1 aliphatic carbocycles. The van der Waals surface area contributed by atoms with Gasteiger partial charge in [-0.1, -0.05) is 38.1 Å². The molecule has 0 aliphatic heterocycles. The van der Waals surface area contributed by atoms with Crippen LogP contribution in [0.1, 0.15) is 97.9 Å². The molecule has 0 atom stereocenters. The minimum Gasteiger partial charge on any atom is -0.465 e. The summed E-state index contributed by atoms with van der Waals surface area (Å²) in [4.78, 5) is 44.6. The van der Waals surface area contributed by atoms with E-state index in [1.54, 1.807) is 18.3 Å². The third-order valence-electron chi connectivity index (χ3n) is 8.52. The van der Waals surface area contributed by atoms with Crippen molar-refractivity contribution in [1.82, 2.24) is 10.3 Å². The average molecular weight is 639 g/mol. The zero-order chi connectivity index (χ0) is 32.5. The largest absolute Gasteiger partial charge is 0.465 e. The lowest BCUT2D eigenvalue weighted by Crippen LogP contribution is -2.27. The molecule has 0 saturated heterocycles. The third kappa shape index (κ3) is 8.27. The van der Waals surface area contributed by atoms with Crippen molar-refractivity contribution in [2.75, 3.05) is 17.7 Å². The van der Waals surface area contributed by atoms with E-state index in [2.05, 4.69) is 34.8 Å². The Morgan fingerprint density at radius 1 is 0.870 bits per heavy atom. The van der Waals surface area contributed by atoms with Crippen molar-refractivity contribution in [2.24, 2.45) is 0 Å². The number of benzene rings is 2. The molecule has 2 aromatic heterocycles. The molecule has 0 spiro atoms. The lowest BCUT2D eigenvalue weighted by molar-refractivity contribution is 0.0600. The quantitative estimate of drug-likeness (QED) is 0.132. The number of pyridine rings is 1. The summed E-state index contributed by atoms with van der Waals surface area (Å²) in [5.74, 6) is -0.810. The van der Waals surface area contributed by atoms with Crippen LogP contribution in [0.15, 0.2) is 66.9 Å². The molecular formula is C37H42N4O4S. The molecule has 46 heavy (non-hydrogen) atoms. The fourth-order valence-corrected chi connectivity index (χ4v) is 7.05. The molecule has 0 saturated carbocycles. The summed E-state index contributed by atoms with van der Waals surface area (Å²) in [7, 11) is 1.37. The van der Waals surface area contributed by atoms with Gasteiger partial charge in [-0.05, 0) is 104 Å². The van der Waals surface area contributed by atoms with Crippen molar-refractivity contribution < 1.29 is 19.1 Å². The summed E-state index contributed by atoms with van der Waals surface area (Å²) < 4.78 is 4.76. The maximum absolute atomic E-state index is 13.7. The van der Waals surface area contributed by atoms with E-state index >= 15 is 0 Å². The van der Waals surface area contributed by atoms with Crippen LogP contribution in [0.4, 0.5) is 10.7 Å². The van der Waals surface area contributed by atoms with Gasteiger partial charge in [0.15, 0.2) is 0 Å². The van der Waals surface area contributed by atoms with Crippen LogP contribution in [0.25, 0.3) is 0 Å². The van der Waals surface area contributed by atoms with Crippen molar-refractivity contribution in [3.8, 4) is 0 Å². The van der Waals surface area contributed by atoms with Crippen LogP contribution in [0.3, 0.4) is 0 Å². The number of anilines is 2. The topological polar surface area (TPSA) is 109 Å². The Hall–Kier alpha value is -4.34. The Bertz CT molecular complexity index is 1660. The van der Waals surface area contributed by atoms with Crippen molar-refractivity contribution in [1.29, 1.82) is 0 Å². The van der Waals surface area contributed by atoms with E-state index in [1.165, 1.54) is 23.3 Å². The van der Waals surface area contributed by atoms with Crippen LogP contribution in [0, 0.1) is 0 Å². The molecule has 5 rings (SSSR count). The van der Waals surface area contributed by atoms with Gasteiger partial charge in [-0.15, -0.1) is 11.3 Å². The van der Waals surface area contributed by atoms with Crippen LogP contribution < -0.4 is 16.0 Å². The second-order valence-electron chi connectivity index (χ2n) is 11.6. The summed E-state index contributed by atoms with van der Waals surface area (Å²) >= 11 is 1.51. The van der Waals surface area contributed by atoms with Gasteiger partial charge < -0.3 is 20.7 Å². The number of amides is 2. The molecule has 8 nitrogen and oxygen atoms in total. The number of thiophene rings is 1. The molecule has 1 aliphatic rings. The third-order valence-corrected chi connectivity index (χ3v) is 9.73. The van der Waals surface area contributed by atoms with E-state index in [0.717, 1.165) is 73.8 Å². The van der Waals surface area contributed by atoms with Gasteiger partial charge >= 0.3 is 5.97 Å². The van der Waals surface area contributed by atoms with Gasteiger partial charge in [0, 0.05) is 28.7 Å². The van der Waals surface area contributed by atoms with Crippen molar-refractivity contribution in [3.05, 3.63) is 111 Å². The van der Waals surface area contributed by atoms with Crippen molar-refractivity contribution >= 4 is 39.8 Å². The molecule has 9 heteroatoms. The van der Waals surface area contributed by atoms with E-state index < -0.39 is 0 Å². The first kappa shape index (κ1) is 33.0. The molecule has 240 valence electrons. The molecular weight excluding hydrogens is 596 g/mol.